The van der Waals surface area contributed by atoms with Crippen molar-refractivity contribution in [1.29, 1.82) is 0 Å². The number of benzene rings is 1. The van der Waals surface area contributed by atoms with Crippen molar-refractivity contribution in [2.75, 3.05) is 6.54 Å². The molecule has 0 radical (unpaired) electrons. The van der Waals surface area contributed by atoms with Gasteiger partial charge < -0.3 is 10.0 Å². The summed E-state index contributed by atoms with van der Waals surface area (Å²) < 4.78 is 0. The number of carboxylic acids is 1. The monoisotopic (exact) mass is 263 g/mol. The van der Waals surface area contributed by atoms with Crippen molar-refractivity contribution in [1.82, 2.24) is 4.90 Å². The highest BCUT2D eigenvalue weighted by Crippen LogP contribution is 2.16. The van der Waals surface area contributed by atoms with E-state index in [4.69, 9.17) is 5.11 Å². The Labute approximate surface area is 114 Å². The molecule has 1 aromatic carbocycles. The SMILES string of the molecule is CCC(C)N(CC(=O)O)C(=O)c1cc(C)ccc1C. The van der Waals surface area contributed by atoms with Crippen LogP contribution in [0.5, 0.6) is 0 Å². The van der Waals surface area contributed by atoms with Gasteiger partial charge in [-0.3, -0.25) is 9.59 Å². The maximum absolute atomic E-state index is 12.5. The Morgan fingerprint density at radius 3 is 2.47 bits per heavy atom. The van der Waals surface area contributed by atoms with Crippen LogP contribution in [0.1, 0.15) is 41.8 Å². The number of hydrogen-bond acceptors (Lipinski definition) is 2. The van der Waals surface area contributed by atoms with E-state index in [1.165, 1.54) is 4.90 Å². The summed E-state index contributed by atoms with van der Waals surface area (Å²) in [7, 11) is 0. The second kappa shape index (κ2) is 6.36. The van der Waals surface area contributed by atoms with Gasteiger partial charge in [-0.05, 0) is 38.8 Å². The first kappa shape index (κ1) is 15.2. The molecule has 0 aliphatic heterocycles. The normalized spacial score (nSPS) is 12.0. The lowest BCUT2D eigenvalue weighted by Gasteiger charge is -2.27. The summed E-state index contributed by atoms with van der Waals surface area (Å²) >= 11 is 0. The lowest BCUT2D eigenvalue weighted by atomic mass is 10.0. The van der Waals surface area contributed by atoms with E-state index < -0.39 is 5.97 Å². The van der Waals surface area contributed by atoms with Crippen LogP contribution in [0, 0.1) is 13.8 Å². The van der Waals surface area contributed by atoms with Crippen LogP contribution in [0.25, 0.3) is 0 Å². The molecule has 0 heterocycles. The molecule has 104 valence electrons. The minimum Gasteiger partial charge on any atom is -0.480 e. The summed E-state index contributed by atoms with van der Waals surface area (Å²) in [6, 6.07) is 5.55. The Morgan fingerprint density at radius 2 is 1.95 bits per heavy atom. The molecule has 0 aliphatic rings. The van der Waals surface area contributed by atoms with E-state index in [1.54, 1.807) is 0 Å². The predicted octanol–water partition coefficient (Wildman–Crippen LogP) is 2.63. The van der Waals surface area contributed by atoms with Gasteiger partial charge in [0.25, 0.3) is 5.91 Å². The molecule has 0 saturated carbocycles. The first-order chi connectivity index (χ1) is 8.86. The molecule has 19 heavy (non-hydrogen) atoms. The molecule has 0 saturated heterocycles. The summed E-state index contributed by atoms with van der Waals surface area (Å²) in [6.07, 6.45) is 0.726. The molecule has 0 spiro atoms. The van der Waals surface area contributed by atoms with Gasteiger partial charge in [-0.15, -0.1) is 0 Å². The second-order valence-corrected chi connectivity index (χ2v) is 4.90. The lowest BCUT2D eigenvalue weighted by Crippen LogP contribution is -2.42. The summed E-state index contributed by atoms with van der Waals surface area (Å²) in [5.74, 6) is -1.20. The molecule has 1 aromatic rings. The number of nitrogens with zero attached hydrogens (tertiary/aromatic N) is 1. The average molecular weight is 263 g/mol. The predicted molar refractivity (Wildman–Crippen MR) is 74.3 cm³/mol. The third-order valence-electron chi connectivity index (χ3n) is 3.31. The third-order valence-corrected chi connectivity index (χ3v) is 3.31. The standard InChI is InChI=1S/C15H21NO3/c1-5-12(4)16(9-14(17)18)15(19)13-8-10(2)6-7-11(13)3/h6-8,12H,5,9H2,1-4H3,(H,17,18). The average Bonchev–Trinajstić information content (AvgIpc) is 2.37. The quantitative estimate of drug-likeness (QED) is 0.888. The van der Waals surface area contributed by atoms with Crippen LogP contribution in [-0.4, -0.2) is 34.5 Å². The number of carbonyl (C=O) groups is 2. The van der Waals surface area contributed by atoms with Gasteiger partial charge in [-0.1, -0.05) is 24.6 Å². The Balaban J connectivity index is 3.11. The van der Waals surface area contributed by atoms with Crippen molar-refractivity contribution in [3.05, 3.63) is 34.9 Å². The van der Waals surface area contributed by atoms with Gasteiger partial charge in [0.15, 0.2) is 0 Å². The molecular weight excluding hydrogens is 242 g/mol. The Hall–Kier alpha value is -1.84. The van der Waals surface area contributed by atoms with Gasteiger partial charge >= 0.3 is 5.97 Å². The van der Waals surface area contributed by atoms with Crippen LogP contribution < -0.4 is 0 Å². The number of rotatable bonds is 5. The van der Waals surface area contributed by atoms with E-state index >= 15 is 0 Å². The van der Waals surface area contributed by atoms with Gasteiger partial charge in [0.05, 0.1) is 0 Å². The van der Waals surface area contributed by atoms with Crippen molar-refractivity contribution in [2.24, 2.45) is 0 Å². The van der Waals surface area contributed by atoms with E-state index in [9.17, 15) is 9.59 Å². The van der Waals surface area contributed by atoms with E-state index in [1.807, 2.05) is 45.9 Å². The number of hydrogen-bond donors (Lipinski definition) is 1. The number of carboxylic acid groups (broad SMARTS) is 1. The molecule has 0 fully saturated rings. The minimum absolute atomic E-state index is 0.0940. The fourth-order valence-electron chi connectivity index (χ4n) is 1.91. The molecule has 0 aliphatic carbocycles. The first-order valence-corrected chi connectivity index (χ1v) is 6.46. The number of amides is 1. The van der Waals surface area contributed by atoms with Crippen molar-refractivity contribution in [3.8, 4) is 0 Å². The zero-order valence-corrected chi connectivity index (χ0v) is 11.9. The molecule has 4 nitrogen and oxygen atoms in total. The molecule has 4 heteroatoms. The van der Waals surface area contributed by atoms with E-state index in [2.05, 4.69) is 0 Å². The fourth-order valence-corrected chi connectivity index (χ4v) is 1.91. The highest BCUT2D eigenvalue weighted by atomic mass is 16.4. The van der Waals surface area contributed by atoms with Gasteiger partial charge in [0.2, 0.25) is 0 Å². The largest absolute Gasteiger partial charge is 0.480 e. The van der Waals surface area contributed by atoms with Crippen LogP contribution in [-0.2, 0) is 4.79 Å². The van der Waals surface area contributed by atoms with Gasteiger partial charge in [-0.2, -0.15) is 0 Å². The number of aryl methyl sites for hydroxylation is 2. The molecular formula is C15H21NO3. The van der Waals surface area contributed by atoms with Crippen LogP contribution in [0.2, 0.25) is 0 Å². The highest BCUT2D eigenvalue weighted by molar-refractivity contribution is 5.97. The zero-order chi connectivity index (χ0) is 14.6. The fraction of sp³-hybridized carbons (Fsp3) is 0.467. The van der Waals surface area contributed by atoms with Crippen LogP contribution in [0.3, 0.4) is 0 Å². The van der Waals surface area contributed by atoms with E-state index in [0.717, 1.165) is 17.5 Å². The molecule has 1 amide bonds. The molecule has 1 unspecified atom stereocenters. The number of carbonyl (C=O) groups excluding carboxylic acids is 1. The van der Waals surface area contributed by atoms with Gasteiger partial charge in [0.1, 0.15) is 6.54 Å². The van der Waals surface area contributed by atoms with Crippen molar-refractivity contribution in [3.63, 3.8) is 0 Å². The summed E-state index contributed by atoms with van der Waals surface area (Å²) in [5, 5.41) is 8.95. The Bertz CT molecular complexity index is 482. The molecule has 1 atom stereocenters. The summed E-state index contributed by atoms with van der Waals surface area (Å²) in [5.41, 5.74) is 2.45. The van der Waals surface area contributed by atoms with Crippen molar-refractivity contribution in [2.45, 2.75) is 40.2 Å². The molecule has 1 rings (SSSR count). The van der Waals surface area contributed by atoms with Crippen LogP contribution >= 0.6 is 0 Å². The van der Waals surface area contributed by atoms with Crippen molar-refractivity contribution >= 4 is 11.9 Å². The second-order valence-electron chi connectivity index (χ2n) is 4.90. The van der Waals surface area contributed by atoms with E-state index in [-0.39, 0.29) is 18.5 Å². The maximum atomic E-state index is 12.5. The topological polar surface area (TPSA) is 57.6 Å². The van der Waals surface area contributed by atoms with Crippen LogP contribution in [0.15, 0.2) is 18.2 Å². The third kappa shape index (κ3) is 3.81. The van der Waals surface area contributed by atoms with Gasteiger partial charge in [0, 0.05) is 11.6 Å². The Kier molecular flexibility index (Phi) is 5.10. The summed E-state index contributed by atoms with van der Waals surface area (Å²) in [4.78, 5) is 24.9. The van der Waals surface area contributed by atoms with Gasteiger partial charge in [-0.25, -0.2) is 0 Å². The number of aliphatic carboxylic acids is 1. The Morgan fingerprint density at radius 1 is 1.32 bits per heavy atom. The highest BCUT2D eigenvalue weighted by Gasteiger charge is 2.23. The molecule has 0 bridgehead atoms. The lowest BCUT2D eigenvalue weighted by molar-refractivity contribution is -0.138. The van der Waals surface area contributed by atoms with Crippen LogP contribution in [0.4, 0.5) is 0 Å². The van der Waals surface area contributed by atoms with Crippen molar-refractivity contribution < 1.29 is 14.7 Å². The zero-order valence-electron chi connectivity index (χ0n) is 11.9. The molecule has 1 N–H and O–H groups in total. The smallest absolute Gasteiger partial charge is 0.323 e. The maximum Gasteiger partial charge on any atom is 0.323 e. The van der Waals surface area contributed by atoms with E-state index in [0.29, 0.717) is 5.56 Å². The minimum atomic E-state index is -0.987. The summed E-state index contributed by atoms with van der Waals surface area (Å²) in [6.45, 7) is 7.33. The molecule has 0 aromatic heterocycles. The first-order valence-electron chi connectivity index (χ1n) is 6.46.